The molecule has 0 spiro atoms. The van der Waals surface area contributed by atoms with Gasteiger partial charge in [0.15, 0.2) is 0 Å². The molecule has 0 aliphatic carbocycles. The minimum absolute atomic E-state index is 0.0207. The molecule has 0 atom stereocenters. The highest BCUT2D eigenvalue weighted by molar-refractivity contribution is 7.92. The predicted molar refractivity (Wildman–Crippen MR) is 146 cm³/mol. The van der Waals surface area contributed by atoms with E-state index in [1.54, 1.807) is 66.7 Å². The number of para-hydroxylation sites is 1. The number of nitrogens with zero attached hydrogens (tertiary/aromatic N) is 1. The first-order valence-corrected chi connectivity index (χ1v) is 13.9. The van der Waals surface area contributed by atoms with E-state index in [4.69, 9.17) is 4.42 Å². The van der Waals surface area contributed by atoms with Crippen molar-refractivity contribution >= 4 is 27.3 Å². The third-order valence-corrected chi connectivity index (χ3v) is 7.35. The Labute approximate surface area is 222 Å². The van der Waals surface area contributed by atoms with Gasteiger partial charge in [0.05, 0.1) is 29.0 Å². The second-order valence-corrected chi connectivity index (χ2v) is 10.5. The SMILES string of the molecule is CCCCNc1ccc(S(=O)(=O)Nc2ccccc2CN(Cc2ccco2)C(=O)c2ccccc2F)cc1. The normalized spacial score (nSPS) is 11.2. The molecule has 198 valence electrons. The van der Waals surface area contributed by atoms with Crippen molar-refractivity contribution in [1.29, 1.82) is 0 Å². The van der Waals surface area contributed by atoms with Crippen LogP contribution in [0.5, 0.6) is 0 Å². The topological polar surface area (TPSA) is 91.7 Å². The van der Waals surface area contributed by atoms with Crippen LogP contribution in [-0.4, -0.2) is 25.8 Å². The lowest BCUT2D eigenvalue weighted by Crippen LogP contribution is -2.31. The minimum Gasteiger partial charge on any atom is -0.467 e. The van der Waals surface area contributed by atoms with Gasteiger partial charge in [0.1, 0.15) is 11.6 Å². The minimum atomic E-state index is -3.90. The Kier molecular flexibility index (Phi) is 8.81. The number of anilines is 2. The Morgan fingerprint density at radius 1 is 0.921 bits per heavy atom. The number of hydrogen-bond donors (Lipinski definition) is 2. The maximum absolute atomic E-state index is 14.5. The number of carbonyl (C=O) groups is 1. The van der Waals surface area contributed by atoms with Crippen LogP contribution in [-0.2, 0) is 23.1 Å². The van der Waals surface area contributed by atoms with E-state index < -0.39 is 21.7 Å². The van der Waals surface area contributed by atoms with Gasteiger partial charge in [0.2, 0.25) is 0 Å². The highest BCUT2D eigenvalue weighted by Crippen LogP contribution is 2.24. The molecule has 1 amide bonds. The van der Waals surface area contributed by atoms with Crippen molar-refractivity contribution in [3.63, 3.8) is 0 Å². The standard InChI is InChI=1S/C29H30FN3O4S/c1-2-3-18-31-23-14-16-25(17-15-23)38(35,36)32-28-13-7-4-9-22(28)20-33(21-24-10-8-19-37-24)29(34)26-11-5-6-12-27(26)30/h4-17,19,31-32H,2-3,18,20-21H2,1H3. The van der Waals surface area contributed by atoms with Crippen molar-refractivity contribution in [3.05, 3.63) is 114 Å². The fourth-order valence-corrected chi connectivity index (χ4v) is 5.02. The number of rotatable bonds is 12. The van der Waals surface area contributed by atoms with Crippen LogP contribution in [0.2, 0.25) is 0 Å². The van der Waals surface area contributed by atoms with E-state index in [-0.39, 0.29) is 23.5 Å². The Morgan fingerprint density at radius 2 is 1.66 bits per heavy atom. The molecule has 7 nitrogen and oxygen atoms in total. The molecule has 0 fully saturated rings. The third kappa shape index (κ3) is 6.80. The van der Waals surface area contributed by atoms with Gasteiger partial charge in [0, 0.05) is 18.8 Å². The molecular weight excluding hydrogens is 505 g/mol. The van der Waals surface area contributed by atoms with E-state index >= 15 is 0 Å². The van der Waals surface area contributed by atoms with Gasteiger partial charge < -0.3 is 14.6 Å². The number of carbonyl (C=O) groups excluding carboxylic acids is 1. The molecule has 38 heavy (non-hydrogen) atoms. The van der Waals surface area contributed by atoms with Gasteiger partial charge in [-0.25, -0.2) is 12.8 Å². The highest BCUT2D eigenvalue weighted by atomic mass is 32.2. The Hall–Kier alpha value is -4.11. The molecule has 1 heterocycles. The quantitative estimate of drug-likeness (QED) is 0.209. The molecule has 0 radical (unpaired) electrons. The summed E-state index contributed by atoms with van der Waals surface area (Å²) in [6, 6.07) is 22.5. The molecule has 0 bridgehead atoms. The number of sulfonamides is 1. The number of furan rings is 1. The van der Waals surface area contributed by atoms with E-state index in [1.165, 1.54) is 29.4 Å². The molecule has 4 aromatic rings. The van der Waals surface area contributed by atoms with Gasteiger partial charge in [-0.05, 0) is 66.6 Å². The largest absolute Gasteiger partial charge is 0.467 e. The van der Waals surface area contributed by atoms with Crippen molar-refractivity contribution < 1.29 is 22.0 Å². The number of amides is 1. The van der Waals surface area contributed by atoms with E-state index in [1.807, 2.05) is 0 Å². The summed E-state index contributed by atoms with van der Waals surface area (Å²) < 4.78 is 48.9. The average Bonchev–Trinajstić information content (AvgIpc) is 3.43. The summed E-state index contributed by atoms with van der Waals surface area (Å²) in [5.41, 5.74) is 1.64. The zero-order valence-corrected chi connectivity index (χ0v) is 21.9. The Morgan fingerprint density at radius 3 is 2.37 bits per heavy atom. The van der Waals surface area contributed by atoms with Crippen LogP contribution in [0.1, 0.15) is 41.4 Å². The summed E-state index contributed by atoms with van der Waals surface area (Å²) in [5.74, 6) is -0.660. The lowest BCUT2D eigenvalue weighted by molar-refractivity contribution is 0.0713. The second-order valence-electron chi connectivity index (χ2n) is 8.79. The number of benzene rings is 3. The number of hydrogen-bond acceptors (Lipinski definition) is 5. The van der Waals surface area contributed by atoms with Crippen LogP contribution in [0, 0.1) is 5.82 Å². The first kappa shape index (κ1) is 26.9. The van der Waals surface area contributed by atoms with Crippen molar-refractivity contribution in [2.24, 2.45) is 0 Å². The fraction of sp³-hybridized carbons (Fsp3) is 0.207. The summed E-state index contributed by atoms with van der Waals surface area (Å²) in [5, 5.41) is 3.26. The fourth-order valence-electron chi connectivity index (χ4n) is 3.92. The van der Waals surface area contributed by atoms with Crippen LogP contribution in [0.15, 0.2) is 101 Å². The molecule has 0 saturated heterocycles. The van der Waals surface area contributed by atoms with Crippen molar-refractivity contribution in [1.82, 2.24) is 4.90 Å². The molecular formula is C29H30FN3O4S. The maximum atomic E-state index is 14.5. The monoisotopic (exact) mass is 535 g/mol. The summed E-state index contributed by atoms with van der Waals surface area (Å²) in [4.78, 5) is 14.9. The Balaban J connectivity index is 1.57. The van der Waals surface area contributed by atoms with Crippen LogP contribution in [0.4, 0.5) is 15.8 Å². The molecule has 9 heteroatoms. The van der Waals surface area contributed by atoms with Gasteiger partial charge in [0.25, 0.3) is 15.9 Å². The van der Waals surface area contributed by atoms with Gasteiger partial charge in [-0.15, -0.1) is 0 Å². The number of unbranched alkanes of at least 4 members (excludes halogenated alkanes) is 1. The molecule has 4 rings (SSSR count). The van der Waals surface area contributed by atoms with Crippen molar-refractivity contribution in [2.75, 3.05) is 16.6 Å². The van der Waals surface area contributed by atoms with Gasteiger partial charge in [-0.1, -0.05) is 43.7 Å². The van der Waals surface area contributed by atoms with Crippen LogP contribution in [0.25, 0.3) is 0 Å². The van der Waals surface area contributed by atoms with Crippen molar-refractivity contribution in [3.8, 4) is 0 Å². The Bertz CT molecular complexity index is 1460. The lowest BCUT2D eigenvalue weighted by atomic mass is 10.1. The van der Waals surface area contributed by atoms with E-state index in [0.29, 0.717) is 17.0 Å². The van der Waals surface area contributed by atoms with E-state index in [2.05, 4.69) is 17.0 Å². The first-order valence-electron chi connectivity index (χ1n) is 12.4. The van der Waals surface area contributed by atoms with Gasteiger partial charge >= 0.3 is 0 Å². The van der Waals surface area contributed by atoms with Crippen LogP contribution in [0.3, 0.4) is 0 Å². The average molecular weight is 536 g/mol. The van der Waals surface area contributed by atoms with Crippen LogP contribution < -0.4 is 10.0 Å². The zero-order chi connectivity index (χ0) is 27.0. The predicted octanol–water partition coefficient (Wildman–Crippen LogP) is 6.27. The van der Waals surface area contributed by atoms with Crippen molar-refractivity contribution in [2.45, 2.75) is 37.8 Å². The van der Waals surface area contributed by atoms with Gasteiger partial charge in [-0.3, -0.25) is 9.52 Å². The van der Waals surface area contributed by atoms with E-state index in [0.717, 1.165) is 25.1 Å². The lowest BCUT2D eigenvalue weighted by Gasteiger charge is -2.24. The maximum Gasteiger partial charge on any atom is 0.261 e. The van der Waals surface area contributed by atoms with E-state index in [9.17, 15) is 17.6 Å². The summed E-state index contributed by atoms with van der Waals surface area (Å²) in [6.45, 7) is 3.02. The summed E-state index contributed by atoms with van der Waals surface area (Å²) in [6.07, 6.45) is 3.58. The highest BCUT2D eigenvalue weighted by Gasteiger charge is 2.23. The molecule has 0 unspecified atom stereocenters. The van der Waals surface area contributed by atoms with Gasteiger partial charge in [-0.2, -0.15) is 0 Å². The molecule has 1 aromatic heterocycles. The summed E-state index contributed by atoms with van der Waals surface area (Å²) in [7, 11) is -3.90. The number of halogens is 1. The zero-order valence-electron chi connectivity index (χ0n) is 21.1. The molecule has 3 aromatic carbocycles. The first-order chi connectivity index (χ1) is 18.4. The smallest absolute Gasteiger partial charge is 0.261 e. The van der Waals surface area contributed by atoms with Crippen LogP contribution >= 0.6 is 0 Å². The molecule has 0 aliphatic heterocycles. The summed E-state index contributed by atoms with van der Waals surface area (Å²) >= 11 is 0. The second kappa shape index (κ2) is 12.4. The number of nitrogens with one attached hydrogen (secondary N) is 2. The third-order valence-electron chi connectivity index (χ3n) is 5.97. The molecule has 0 aliphatic rings. The molecule has 0 saturated carbocycles. The molecule has 2 N–H and O–H groups in total.